The molecule has 0 saturated heterocycles. The van der Waals surface area contributed by atoms with Gasteiger partial charge in [-0.1, -0.05) is 28.1 Å². The van der Waals surface area contributed by atoms with Gasteiger partial charge in [0.2, 0.25) is 4.80 Å². The van der Waals surface area contributed by atoms with Crippen LogP contribution in [0.2, 0.25) is 0 Å². The van der Waals surface area contributed by atoms with Gasteiger partial charge in [0.1, 0.15) is 0 Å². The summed E-state index contributed by atoms with van der Waals surface area (Å²) in [7, 11) is 3.17. The van der Waals surface area contributed by atoms with Gasteiger partial charge in [-0.2, -0.15) is 5.10 Å². The monoisotopic (exact) mass is 461 g/mol. The molecule has 3 rings (SSSR count). The van der Waals surface area contributed by atoms with Gasteiger partial charge < -0.3 is 14.6 Å². The standard InChI is InChI=1S/C20H20BrN3O3S/c1-26-10-9-22-20-24(17(13-28-20)15-4-6-16(21)7-5-15)23-12-14-3-8-19(27-2)18(25)11-14/h3-8,11-13,25H,9-10H2,1-2H3/b22-20?,23-12-. The Morgan fingerprint density at radius 2 is 1.96 bits per heavy atom. The normalized spacial score (nSPS) is 12.0. The summed E-state index contributed by atoms with van der Waals surface area (Å²) in [4.78, 5) is 5.35. The summed E-state index contributed by atoms with van der Waals surface area (Å²) in [5, 5.41) is 16.6. The molecule has 0 aliphatic rings. The first-order valence-corrected chi connectivity index (χ1v) is 10.2. The second kappa shape index (κ2) is 9.68. The van der Waals surface area contributed by atoms with Crippen LogP contribution in [0.3, 0.4) is 0 Å². The number of ether oxygens (including phenoxy) is 2. The van der Waals surface area contributed by atoms with E-state index in [4.69, 9.17) is 9.47 Å². The van der Waals surface area contributed by atoms with E-state index in [1.807, 2.05) is 35.7 Å². The third-order valence-electron chi connectivity index (χ3n) is 3.89. The number of phenolic OH excluding ortho intramolecular Hbond substituents is 1. The summed E-state index contributed by atoms with van der Waals surface area (Å²) in [6, 6.07) is 13.2. The van der Waals surface area contributed by atoms with Crippen molar-refractivity contribution in [2.24, 2.45) is 10.1 Å². The molecule has 0 fully saturated rings. The minimum Gasteiger partial charge on any atom is -0.504 e. The van der Waals surface area contributed by atoms with Crippen LogP contribution in [0.25, 0.3) is 11.3 Å². The minimum atomic E-state index is 0.0694. The lowest BCUT2D eigenvalue weighted by atomic mass is 10.2. The van der Waals surface area contributed by atoms with Crippen LogP contribution in [0.4, 0.5) is 0 Å². The highest BCUT2D eigenvalue weighted by molar-refractivity contribution is 9.10. The Bertz CT molecular complexity index is 1030. The fraction of sp³-hybridized carbons (Fsp3) is 0.200. The van der Waals surface area contributed by atoms with Crippen molar-refractivity contribution in [3.8, 4) is 22.8 Å². The zero-order chi connectivity index (χ0) is 19.9. The summed E-state index contributed by atoms with van der Waals surface area (Å²) >= 11 is 4.98. The van der Waals surface area contributed by atoms with E-state index < -0.39 is 0 Å². The van der Waals surface area contributed by atoms with Crippen LogP contribution in [0, 0.1) is 0 Å². The van der Waals surface area contributed by atoms with Gasteiger partial charge in [0.15, 0.2) is 11.5 Å². The summed E-state index contributed by atoms with van der Waals surface area (Å²) < 4.78 is 13.0. The van der Waals surface area contributed by atoms with Crippen molar-refractivity contribution in [1.29, 1.82) is 0 Å². The second-order valence-electron chi connectivity index (χ2n) is 5.77. The van der Waals surface area contributed by atoms with E-state index in [2.05, 4.69) is 26.0 Å². The fourth-order valence-electron chi connectivity index (χ4n) is 2.48. The van der Waals surface area contributed by atoms with Crippen LogP contribution in [-0.2, 0) is 4.74 Å². The Labute approximate surface area is 175 Å². The molecule has 146 valence electrons. The zero-order valence-corrected chi connectivity index (χ0v) is 17.9. The average Bonchev–Trinajstić information content (AvgIpc) is 3.10. The van der Waals surface area contributed by atoms with Crippen molar-refractivity contribution in [3.05, 3.63) is 62.7 Å². The summed E-state index contributed by atoms with van der Waals surface area (Å²) in [5.41, 5.74) is 2.71. The van der Waals surface area contributed by atoms with E-state index in [0.29, 0.717) is 18.9 Å². The molecule has 0 aliphatic carbocycles. The molecule has 28 heavy (non-hydrogen) atoms. The van der Waals surface area contributed by atoms with Gasteiger partial charge >= 0.3 is 0 Å². The molecule has 0 aliphatic heterocycles. The predicted molar refractivity (Wildman–Crippen MR) is 115 cm³/mol. The van der Waals surface area contributed by atoms with E-state index in [1.54, 1.807) is 30.1 Å². The molecular weight excluding hydrogens is 442 g/mol. The number of aromatic hydroxyl groups is 1. The van der Waals surface area contributed by atoms with Crippen molar-refractivity contribution in [2.45, 2.75) is 0 Å². The van der Waals surface area contributed by atoms with E-state index in [1.165, 1.54) is 18.4 Å². The highest BCUT2D eigenvalue weighted by Gasteiger charge is 2.08. The Morgan fingerprint density at radius 3 is 2.64 bits per heavy atom. The Hall–Kier alpha value is -2.42. The first-order chi connectivity index (χ1) is 13.6. The molecular formula is C20H20BrN3O3S. The lowest BCUT2D eigenvalue weighted by molar-refractivity contribution is 0.207. The number of methoxy groups -OCH3 is 2. The molecule has 8 heteroatoms. The molecule has 0 unspecified atom stereocenters. The number of hydrogen-bond acceptors (Lipinski definition) is 6. The zero-order valence-electron chi connectivity index (χ0n) is 15.5. The van der Waals surface area contributed by atoms with Crippen molar-refractivity contribution in [2.75, 3.05) is 27.4 Å². The third-order valence-corrected chi connectivity index (χ3v) is 5.28. The lowest BCUT2D eigenvalue weighted by Gasteiger charge is -2.05. The molecule has 0 radical (unpaired) electrons. The maximum absolute atomic E-state index is 9.98. The van der Waals surface area contributed by atoms with Crippen molar-refractivity contribution < 1.29 is 14.6 Å². The van der Waals surface area contributed by atoms with Gasteiger partial charge in [-0.3, -0.25) is 4.99 Å². The minimum absolute atomic E-state index is 0.0694. The lowest BCUT2D eigenvalue weighted by Crippen LogP contribution is -2.13. The van der Waals surface area contributed by atoms with Crippen molar-refractivity contribution in [3.63, 3.8) is 0 Å². The highest BCUT2D eigenvalue weighted by Crippen LogP contribution is 2.26. The fourth-order valence-corrected chi connectivity index (χ4v) is 3.61. The largest absolute Gasteiger partial charge is 0.504 e. The molecule has 0 amide bonds. The van der Waals surface area contributed by atoms with Crippen LogP contribution < -0.4 is 9.54 Å². The number of rotatable bonds is 7. The topological polar surface area (TPSA) is 68.3 Å². The summed E-state index contributed by atoms with van der Waals surface area (Å²) in [6.45, 7) is 1.09. The molecule has 6 nitrogen and oxygen atoms in total. The molecule has 1 aromatic heterocycles. The summed E-state index contributed by atoms with van der Waals surface area (Å²) in [5.74, 6) is 0.492. The number of aromatic nitrogens is 1. The highest BCUT2D eigenvalue weighted by atomic mass is 79.9. The van der Waals surface area contributed by atoms with Gasteiger partial charge in [-0.15, -0.1) is 11.3 Å². The maximum Gasteiger partial charge on any atom is 0.206 e. The Morgan fingerprint density at radius 1 is 1.18 bits per heavy atom. The molecule has 2 aromatic carbocycles. The van der Waals surface area contributed by atoms with Gasteiger partial charge in [-0.25, -0.2) is 4.68 Å². The van der Waals surface area contributed by atoms with Crippen LogP contribution in [0.15, 0.2) is 62.4 Å². The molecule has 3 aromatic rings. The first-order valence-electron chi connectivity index (χ1n) is 8.49. The quantitative estimate of drug-likeness (QED) is 0.424. The number of halogens is 1. The van der Waals surface area contributed by atoms with Crippen LogP contribution in [0.1, 0.15) is 5.56 Å². The number of nitrogens with zero attached hydrogens (tertiary/aromatic N) is 3. The predicted octanol–water partition coefficient (Wildman–Crippen LogP) is 4.12. The maximum atomic E-state index is 9.98. The molecule has 1 N–H and O–H groups in total. The number of thiazole rings is 1. The molecule has 0 spiro atoms. The number of hydrogen-bond donors (Lipinski definition) is 1. The van der Waals surface area contributed by atoms with Crippen molar-refractivity contribution in [1.82, 2.24) is 4.68 Å². The van der Waals surface area contributed by atoms with Crippen LogP contribution >= 0.6 is 27.3 Å². The van der Waals surface area contributed by atoms with E-state index in [9.17, 15) is 5.11 Å². The SMILES string of the molecule is COCCN=c1scc(-c2ccc(Br)cc2)n1/N=C\c1ccc(OC)c(O)c1. The molecule has 1 heterocycles. The van der Waals surface area contributed by atoms with E-state index in [-0.39, 0.29) is 5.75 Å². The van der Waals surface area contributed by atoms with Crippen molar-refractivity contribution >= 4 is 33.5 Å². The Balaban J connectivity index is 2.01. The number of phenols is 1. The second-order valence-corrected chi connectivity index (χ2v) is 7.52. The van der Waals surface area contributed by atoms with Crippen LogP contribution in [-0.4, -0.2) is 43.4 Å². The Kier molecular flexibility index (Phi) is 7.02. The average molecular weight is 462 g/mol. The molecule has 0 atom stereocenters. The number of benzene rings is 2. The van der Waals surface area contributed by atoms with Gasteiger partial charge in [0, 0.05) is 22.5 Å². The van der Waals surface area contributed by atoms with E-state index in [0.717, 1.165) is 26.1 Å². The smallest absolute Gasteiger partial charge is 0.206 e. The third kappa shape index (κ3) is 4.89. The molecule has 0 saturated carbocycles. The summed E-state index contributed by atoms with van der Waals surface area (Å²) in [6.07, 6.45) is 1.68. The van der Waals surface area contributed by atoms with Gasteiger partial charge in [-0.05, 0) is 35.9 Å². The van der Waals surface area contributed by atoms with E-state index >= 15 is 0 Å². The van der Waals surface area contributed by atoms with Gasteiger partial charge in [0.05, 0.1) is 32.2 Å². The van der Waals surface area contributed by atoms with Crippen LogP contribution in [0.5, 0.6) is 11.5 Å². The van der Waals surface area contributed by atoms with Gasteiger partial charge in [0.25, 0.3) is 0 Å². The molecule has 0 bridgehead atoms. The first kappa shape index (κ1) is 20.3.